The van der Waals surface area contributed by atoms with Gasteiger partial charge >= 0.3 is 0 Å². The van der Waals surface area contributed by atoms with Gasteiger partial charge in [-0.2, -0.15) is 10.2 Å². The minimum Gasteiger partial charge on any atom is -0.379 e. The van der Waals surface area contributed by atoms with Crippen molar-refractivity contribution in [1.29, 1.82) is 0 Å². The summed E-state index contributed by atoms with van der Waals surface area (Å²) in [5, 5.41) is 12.8. The van der Waals surface area contributed by atoms with Crippen LogP contribution in [0, 0.1) is 12.8 Å². The lowest BCUT2D eigenvalue weighted by atomic mass is 9.98. The van der Waals surface area contributed by atoms with Gasteiger partial charge in [-0.05, 0) is 62.3 Å². The first-order valence-corrected chi connectivity index (χ1v) is 12.4. The molecule has 1 saturated carbocycles. The zero-order valence-corrected chi connectivity index (χ0v) is 20.2. The topological polar surface area (TPSA) is 86.3 Å². The molecule has 1 aliphatic carbocycles. The molecule has 8 nitrogen and oxygen atoms in total. The Balaban J connectivity index is 1.39. The number of hydrogen-bond acceptors (Lipinski definition) is 6. The van der Waals surface area contributed by atoms with Gasteiger partial charge in [0.1, 0.15) is 5.69 Å². The molecule has 8 heteroatoms. The highest BCUT2D eigenvalue weighted by Crippen LogP contribution is 2.34. The van der Waals surface area contributed by atoms with Crippen LogP contribution >= 0.6 is 0 Å². The number of carbonyl (C=O) groups excluding carboxylic acids is 1. The molecule has 0 bridgehead atoms. The van der Waals surface area contributed by atoms with Crippen molar-refractivity contribution in [2.24, 2.45) is 13.0 Å². The number of Topliss-reactive ketones (excluding diaryl/α,β-unsaturated/α-hetero) is 1. The predicted octanol–water partition coefficient (Wildman–Crippen LogP) is 4.68. The van der Waals surface area contributed by atoms with E-state index in [2.05, 4.69) is 16.5 Å². The second-order valence-electron chi connectivity index (χ2n) is 9.78. The fourth-order valence-electron chi connectivity index (χ4n) is 4.90. The highest BCUT2D eigenvalue weighted by Gasteiger charge is 2.26. The van der Waals surface area contributed by atoms with Crippen molar-refractivity contribution in [3.63, 3.8) is 0 Å². The molecule has 1 aliphatic heterocycles. The summed E-state index contributed by atoms with van der Waals surface area (Å²) < 4.78 is 9.52. The van der Waals surface area contributed by atoms with Gasteiger partial charge in [0.25, 0.3) is 0 Å². The highest BCUT2D eigenvalue weighted by atomic mass is 16.5. The SMILES string of the molecule is Cc1cc(-c2cnc3c(NC[C@@H]4CCCO4)cc(-c4ccnn4C)nn23)ccc1C(=O)CC1CC1. The number of aryl methyl sites for hydroxylation is 2. The van der Waals surface area contributed by atoms with Crippen LogP contribution in [0.2, 0.25) is 0 Å². The van der Waals surface area contributed by atoms with Crippen LogP contribution in [0.1, 0.15) is 48.0 Å². The zero-order valence-electron chi connectivity index (χ0n) is 20.2. The molecule has 2 aliphatic rings. The van der Waals surface area contributed by atoms with E-state index < -0.39 is 0 Å². The monoisotopic (exact) mass is 470 g/mol. The highest BCUT2D eigenvalue weighted by molar-refractivity contribution is 5.98. The number of aromatic nitrogens is 5. The molecule has 4 heterocycles. The molecule has 6 rings (SSSR count). The fraction of sp³-hybridized carbons (Fsp3) is 0.407. The van der Waals surface area contributed by atoms with Crippen molar-refractivity contribution in [3.8, 4) is 22.6 Å². The van der Waals surface area contributed by atoms with Gasteiger partial charge in [-0.1, -0.05) is 12.1 Å². The number of nitrogens with zero attached hydrogens (tertiary/aromatic N) is 5. The van der Waals surface area contributed by atoms with E-state index >= 15 is 0 Å². The number of carbonyl (C=O) groups is 1. The lowest BCUT2D eigenvalue weighted by Gasteiger charge is -2.14. The summed E-state index contributed by atoms with van der Waals surface area (Å²) in [4.78, 5) is 17.4. The van der Waals surface area contributed by atoms with Crippen molar-refractivity contribution >= 4 is 17.1 Å². The van der Waals surface area contributed by atoms with Gasteiger partial charge < -0.3 is 10.1 Å². The van der Waals surface area contributed by atoms with E-state index in [1.807, 2.05) is 53.6 Å². The summed E-state index contributed by atoms with van der Waals surface area (Å²) in [6.07, 6.45) is 9.02. The van der Waals surface area contributed by atoms with E-state index in [4.69, 9.17) is 14.8 Å². The molecule has 2 fully saturated rings. The number of imidazole rings is 1. The maximum absolute atomic E-state index is 12.7. The maximum Gasteiger partial charge on any atom is 0.177 e. The number of ketones is 1. The van der Waals surface area contributed by atoms with Gasteiger partial charge in [-0.25, -0.2) is 9.50 Å². The van der Waals surface area contributed by atoms with Crippen LogP contribution in [0.3, 0.4) is 0 Å². The molecule has 0 unspecified atom stereocenters. The molecule has 1 atom stereocenters. The Morgan fingerprint density at radius 3 is 2.77 bits per heavy atom. The molecule has 0 amide bonds. The molecule has 1 saturated heterocycles. The molecule has 35 heavy (non-hydrogen) atoms. The number of hydrogen-bond donors (Lipinski definition) is 1. The summed E-state index contributed by atoms with van der Waals surface area (Å²) in [5.74, 6) is 0.822. The smallest absolute Gasteiger partial charge is 0.177 e. The van der Waals surface area contributed by atoms with Crippen LogP contribution in [-0.4, -0.2) is 49.4 Å². The second kappa shape index (κ2) is 8.92. The molecule has 4 aromatic rings. The van der Waals surface area contributed by atoms with Crippen LogP contribution in [0.4, 0.5) is 5.69 Å². The molecule has 1 aromatic carbocycles. The Kier molecular flexibility index (Phi) is 5.60. The normalized spacial score (nSPS) is 17.8. The van der Waals surface area contributed by atoms with Gasteiger partial charge in [0.05, 0.1) is 29.4 Å². The number of ether oxygens (including phenoxy) is 1. The largest absolute Gasteiger partial charge is 0.379 e. The molecule has 3 aromatic heterocycles. The Hall–Kier alpha value is -3.52. The number of fused-ring (bicyclic) bond motifs is 1. The summed E-state index contributed by atoms with van der Waals surface area (Å²) in [5.41, 5.74) is 7.07. The fourth-order valence-corrected chi connectivity index (χ4v) is 4.90. The summed E-state index contributed by atoms with van der Waals surface area (Å²) in [7, 11) is 1.91. The van der Waals surface area contributed by atoms with Gasteiger partial charge in [0, 0.05) is 43.9 Å². The third-order valence-corrected chi connectivity index (χ3v) is 7.09. The van der Waals surface area contributed by atoms with Gasteiger partial charge in [0.2, 0.25) is 0 Å². The molecule has 180 valence electrons. The van der Waals surface area contributed by atoms with Crippen molar-refractivity contribution in [2.45, 2.75) is 45.1 Å². The lowest BCUT2D eigenvalue weighted by molar-refractivity contribution is 0.0975. The lowest BCUT2D eigenvalue weighted by Crippen LogP contribution is -2.19. The summed E-state index contributed by atoms with van der Waals surface area (Å²) in [6.45, 7) is 3.56. The standard InChI is InChI=1S/C27H30N6O2/c1-17-12-19(7-8-21(17)26(34)13-18-5-6-18)25-16-29-27-23(28-15-20-4-3-11-35-20)14-22(31-33(25)27)24-9-10-30-32(24)2/h7-10,12,14,16,18,20,28H,3-6,11,13,15H2,1-2H3/t20-/m0/s1. The minimum absolute atomic E-state index is 0.209. The summed E-state index contributed by atoms with van der Waals surface area (Å²) in [6, 6.07) is 10.0. The van der Waals surface area contributed by atoms with Gasteiger partial charge in [0.15, 0.2) is 11.4 Å². The van der Waals surface area contributed by atoms with Crippen molar-refractivity contribution in [3.05, 3.63) is 53.9 Å². The quantitative estimate of drug-likeness (QED) is 0.376. The van der Waals surface area contributed by atoms with Gasteiger partial charge in [-0.3, -0.25) is 9.48 Å². The minimum atomic E-state index is 0.209. The van der Waals surface area contributed by atoms with Crippen molar-refractivity contribution in [1.82, 2.24) is 24.4 Å². The molecular weight excluding hydrogens is 440 g/mol. The van der Waals surface area contributed by atoms with E-state index in [1.54, 1.807) is 6.20 Å². The average molecular weight is 471 g/mol. The molecule has 0 radical (unpaired) electrons. The Morgan fingerprint density at radius 1 is 1.17 bits per heavy atom. The van der Waals surface area contributed by atoms with Crippen LogP contribution in [0.25, 0.3) is 28.3 Å². The number of benzene rings is 1. The van der Waals surface area contributed by atoms with Crippen molar-refractivity contribution in [2.75, 3.05) is 18.5 Å². The maximum atomic E-state index is 12.7. The molecule has 1 N–H and O–H groups in total. The zero-order chi connectivity index (χ0) is 23.9. The molecule has 0 spiro atoms. The third kappa shape index (κ3) is 4.34. The van der Waals surface area contributed by atoms with Crippen LogP contribution < -0.4 is 5.32 Å². The van der Waals surface area contributed by atoms with Crippen molar-refractivity contribution < 1.29 is 9.53 Å². The van der Waals surface area contributed by atoms with Gasteiger partial charge in [-0.15, -0.1) is 0 Å². The van der Waals surface area contributed by atoms with E-state index in [0.717, 1.165) is 71.1 Å². The summed E-state index contributed by atoms with van der Waals surface area (Å²) >= 11 is 0. The predicted molar refractivity (Wildman–Crippen MR) is 134 cm³/mol. The van der Waals surface area contributed by atoms with E-state index in [0.29, 0.717) is 12.3 Å². The van der Waals surface area contributed by atoms with Crippen LogP contribution in [0.15, 0.2) is 42.7 Å². The first-order valence-electron chi connectivity index (χ1n) is 12.4. The number of rotatable bonds is 8. The van der Waals surface area contributed by atoms with Crippen LogP contribution in [-0.2, 0) is 11.8 Å². The number of anilines is 1. The Labute approximate surface area is 204 Å². The Morgan fingerprint density at radius 2 is 2.06 bits per heavy atom. The molecular formula is C27H30N6O2. The third-order valence-electron chi connectivity index (χ3n) is 7.09. The average Bonchev–Trinajstić information content (AvgIpc) is 3.22. The number of nitrogens with one attached hydrogen (secondary N) is 1. The van der Waals surface area contributed by atoms with E-state index in [9.17, 15) is 4.79 Å². The van der Waals surface area contributed by atoms with Crippen LogP contribution in [0.5, 0.6) is 0 Å². The van der Waals surface area contributed by atoms with E-state index in [1.165, 1.54) is 12.8 Å². The Bertz CT molecular complexity index is 1390. The first kappa shape index (κ1) is 22.0. The second-order valence-corrected chi connectivity index (χ2v) is 9.78. The van der Waals surface area contributed by atoms with E-state index in [-0.39, 0.29) is 11.9 Å². The first-order chi connectivity index (χ1) is 17.1.